The van der Waals surface area contributed by atoms with Gasteiger partial charge in [-0.05, 0) is 52.3 Å². The minimum absolute atomic E-state index is 0.0732. The van der Waals surface area contributed by atoms with Crippen LogP contribution in [-0.4, -0.2) is 22.6 Å². The van der Waals surface area contributed by atoms with Gasteiger partial charge in [-0.25, -0.2) is 0 Å². The maximum absolute atomic E-state index is 12.5. The number of nitrogens with one attached hydrogen (secondary N) is 1. The summed E-state index contributed by atoms with van der Waals surface area (Å²) in [6, 6.07) is 9.90. The van der Waals surface area contributed by atoms with Crippen LogP contribution in [0.25, 0.3) is 0 Å². The van der Waals surface area contributed by atoms with Crippen LogP contribution in [0, 0.1) is 0 Å². The molecule has 0 aliphatic heterocycles. The molecule has 3 N–H and O–H groups in total. The zero-order valence-corrected chi connectivity index (χ0v) is 15.2. The van der Waals surface area contributed by atoms with E-state index in [2.05, 4.69) is 31.3 Å². The first kappa shape index (κ1) is 16.2. The molecule has 0 spiro atoms. The summed E-state index contributed by atoms with van der Waals surface area (Å²) in [7, 11) is -3.88. The molecule has 0 atom stereocenters. The molecule has 0 bridgehead atoms. The first-order chi connectivity index (χ1) is 10.9. The van der Waals surface area contributed by atoms with Gasteiger partial charge in [0, 0.05) is 10.7 Å². The van der Waals surface area contributed by atoms with Gasteiger partial charge in [-0.3, -0.25) is 0 Å². The van der Waals surface area contributed by atoms with Gasteiger partial charge in [-0.1, -0.05) is 11.6 Å². The number of hydrogen-bond acceptors (Lipinski definition) is 7. The maximum atomic E-state index is 12.5. The summed E-state index contributed by atoms with van der Waals surface area (Å²) in [6.45, 7) is 0. The third kappa shape index (κ3) is 3.34. The second-order valence-electron chi connectivity index (χ2n) is 4.33. The molecule has 3 aromatic rings. The Morgan fingerprint density at radius 1 is 1.22 bits per heavy atom. The van der Waals surface area contributed by atoms with E-state index < -0.39 is 10.0 Å². The molecule has 2 aromatic heterocycles. The number of hydrogen-bond donors (Lipinski definition) is 2. The van der Waals surface area contributed by atoms with Crippen LogP contribution in [0.1, 0.15) is 0 Å². The van der Waals surface area contributed by atoms with Crippen molar-refractivity contribution < 1.29 is 8.42 Å². The molecule has 11 heteroatoms. The second-order valence-corrected chi connectivity index (χ2v) is 9.23. The van der Waals surface area contributed by atoms with Crippen molar-refractivity contribution in [1.29, 1.82) is 0 Å². The van der Waals surface area contributed by atoms with Crippen molar-refractivity contribution in [2.24, 2.45) is 0 Å². The molecule has 2 heterocycles. The Bertz CT molecular complexity index is 952. The third-order valence-electron chi connectivity index (χ3n) is 2.73. The van der Waals surface area contributed by atoms with Gasteiger partial charge in [0.2, 0.25) is 11.9 Å². The standard InChI is InChI=1S/C12H9BrClN5O2S2/c13-9-5-6-10(22-9)23(20,21)19-11(15)17-12(18-19)16-8-3-1-7(14)2-4-8/h1-6H,(H3,15,16,17,18). The summed E-state index contributed by atoms with van der Waals surface area (Å²) >= 11 is 10.1. The first-order valence-corrected chi connectivity index (χ1v) is 9.55. The van der Waals surface area contributed by atoms with Crippen molar-refractivity contribution in [3.05, 3.63) is 45.2 Å². The van der Waals surface area contributed by atoms with Crippen molar-refractivity contribution in [1.82, 2.24) is 14.2 Å². The number of rotatable bonds is 4. The van der Waals surface area contributed by atoms with Gasteiger partial charge in [0.15, 0.2) is 0 Å². The maximum Gasteiger partial charge on any atom is 0.295 e. The minimum Gasteiger partial charge on any atom is -0.367 e. The molecule has 1 aromatic carbocycles. The fourth-order valence-electron chi connectivity index (χ4n) is 1.72. The van der Waals surface area contributed by atoms with Gasteiger partial charge in [0.05, 0.1) is 3.79 Å². The van der Waals surface area contributed by atoms with Gasteiger partial charge in [-0.2, -0.15) is 13.4 Å². The predicted octanol–water partition coefficient (Wildman–Crippen LogP) is 3.32. The molecule has 0 saturated carbocycles. The van der Waals surface area contributed by atoms with Gasteiger partial charge in [0.25, 0.3) is 10.0 Å². The van der Waals surface area contributed by atoms with E-state index in [1.165, 1.54) is 6.07 Å². The molecule has 0 amide bonds. The van der Waals surface area contributed by atoms with Crippen molar-refractivity contribution in [2.45, 2.75) is 4.21 Å². The SMILES string of the molecule is Nc1nc(Nc2ccc(Cl)cc2)nn1S(=O)(=O)c1ccc(Br)s1. The fourth-order valence-corrected chi connectivity index (χ4v) is 5.08. The number of nitrogens with two attached hydrogens (primary N) is 1. The first-order valence-electron chi connectivity index (χ1n) is 6.12. The molecule has 0 unspecified atom stereocenters. The van der Waals surface area contributed by atoms with Crippen LogP contribution in [0.4, 0.5) is 17.6 Å². The molecule has 0 saturated heterocycles. The molecule has 3 rings (SSSR count). The van der Waals surface area contributed by atoms with Crippen LogP contribution in [0.15, 0.2) is 44.4 Å². The third-order valence-corrected chi connectivity index (χ3v) is 6.65. The largest absolute Gasteiger partial charge is 0.367 e. The Morgan fingerprint density at radius 3 is 2.52 bits per heavy atom. The lowest BCUT2D eigenvalue weighted by Crippen LogP contribution is -2.16. The molecule has 0 aliphatic carbocycles. The van der Waals surface area contributed by atoms with E-state index >= 15 is 0 Å². The average Bonchev–Trinajstić information content (AvgIpc) is 3.08. The van der Waals surface area contributed by atoms with Crippen molar-refractivity contribution in [3.8, 4) is 0 Å². The van der Waals surface area contributed by atoms with E-state index in [9.17, 15) is 8.42 Å². The average molecular weight is 435 g/mol. The molecule has 0 aliphatic rings. The minimum atomic E-state index is -3.88. The molecule has 120 valence electrons. The molecule has 23 heavy (non-hydrogen) atoms. The normalized spacial score (nSPS) is 11.6. The highest BCUT2D eigenvalue weighted by Crippen LogP contribution is 2.28. The summed E-state index contributed by atoms with van der Waals surface area (Å²) in [5.74, 6) is -0.157. The number of nitrogens with zero attached hydrogens (tertiary/aromatic N) is 3. The zero-order valence-electron chi connectivity index (χ0n) is 11.3. The van der Waals surface area contributed by atoms with E-state index in [0.717, 1.165) is 11.3 Å². The van der Waals surface area contributed by atoms with E-state index in [1.54, 1.807) is 30.3 Å². The Morgan fingerprint density at radius 2 is 1.91 bits per heavy atom. The molecule has 0 radical (unpaired) electrons. The van der Waals surface area contributed by atoms with Crippen molar-refractivity contribution >= 4 is 66.5 Å². The lowest BCUT2D eigenvalue weighted by molar-refractivity contribution is 0.583. The highest BCUT2D eigenvalue weighted by Gasteiger charge is 2.24. The second kappa shape index (κ2) is 6.11. The van der Waals surface area contributed by atoms with E-state index in [4.69, 9.17) is 17.3 Å². The lowest BCUT2D eigenvalue weighted by Gasteiger charge is -2.02. The highest BCUT2D eigenvalue weighted by molar-refractivity contribution is 9.11. The van der Waals surface area contributed by atoms with Crippen LogP contribution in [0.5, 0.6) is 0 Å². The summed E-state index contributed by atoms with van der Waals surface area (Å²) < 4.78 is 26.5. The number of aromatic nitrogens is 3. The number of nitrogen functional groups attached to an aromatic ring is 1. The Labute approximate surface area is 149 Å². The van der Waals surface area contributed by atoms with Gasteiger partial charge in [0.1, 0.15) is 4.21 Å². The number of thiophene rings is 1. The monoisotopic (exact) mass is 433 g/mol. The van der Waals surface area contributed by atoms with Crippen LogP contribution < -0.4 is 11.1 Å². The molecule has 7 nitrogen and oxygen atoms in total. The molecular weight excluding hydrogens is 426 g/mol. The smallest absolute Gasteiger partial charge is 0.295 e. The molecule has 0 fully saturated rings. The van der Waals surface area contributed by atoms with Crippen LogP contribution in [-0.2, 0) is 10.0 Å². The van der Waals surface area contributed by atoms with E-state index in [-0.39, 0.29) is 16.1 Å². The van der Waals surface area contributed by atoms with E-state index in [1.807, 2.05) is 0 Å². The zero-order chi connectivity index (χ0) is 16.6. The van der Waals surface area contributed by atoms with Crippen molar-refractivity contribution in [2.75, 3.05) is 11.1 Å². The Kier molecular flexibility index (Phi) is 4.32. The number of benzene rings is 1. The van der Waals surface area contributed by atoms with Gasteiger partial charge in [-0.15, -0.1) is 20.5 Å². The van der Waals surface area contributed by atoms with Gasteiger partial charge >= 0.3 is 0 Å². The van der Waals surface area contributed by atoms with E-state index in [0.29, 0.717) is 18.6 Å². The number of anilines is 3. The van der Waals surface area contributed by atoms with Crippen LogP contribution in [0.3, 0.4) is 0 Å². The molecular formula is C12H9BrClN5O2S2. The predicted molar refractivity (Wildman–Crippen MR) is 93.8 cm³/mol. The van der Waals surface area contributed by atoms with Gasteiger partial charge < -0.3 is 11.1 Å². The topological polar surface area (TPSA) is 103 Å². The highest BCUT2D eigenvalue weighted by atomic mass is 79.9. The van der Waals surface area contributed by atoms with Crippen LogP contribution >= 0.6 is 38.9 Å². The Balaban J connectivity index is 1.93. The van der Waals surface area contributed by atoms with Crippen molar-refractivity contribution in [3.63, 3.8) is 0 Å². The Hall–Kier alpha value is -1.62. The number of halogens is 2. The summed E-state index contributed by atoms with van der Waals surface area (Å²) in [6.07, 6.45) is 0. The van der Waals surface area contributed by atoms with Crippen LogP contribution in [0.2, 0.25) is 5.02 Å². The lowest BCUT2D eigenvalue weighted by atomic mass is 10.3. The summed E-state index contributed by atoms with van der Waals surface area (Å²) in [5, 5.41) is 7.38. The quantitative estimate of drug-likeness (QED) is 0.653. The fraction of sp³-hybridized carbons (Fsp3) is 0. The summed E-state index contributed by atoms with van der Waals surface area (Å²) in [5.41, 5.74) is 6.35. The summed E-state index contributed by atoms with van der Waals surface area (Å²) in [4.78, 5) is 3.93.